The van der Waals surface area contributed by atoms with E-state index in [9.17, 15) is 8.78 Å². The van der Waals surface area contributed by atoms with E-state index in [0.717, 1.165) is 0 Å². The molecule has 4 nitrogen and oxygen atoms in total. The Morgan fingerprint density at radius 1 is 1.57 bits per heavy atom. The molecule has 0 saturated heterocycles. The fourth-order valence-corrected chi connectivity index (χ4v) is 0.895. The average Bonchev–Trinajstić information content (AvgIpc) is 2.16. The minimum Gasteiger partial charge on any atom is -0.479 e. The van der Waals surface area contributed by atoms with Crippen molar-refractivity contribution in [3.05, 3.63) is 12.1 Å². The van der Waals surface area contributed by atoms with Crippen LogP contribution in [0.4, 0.5) is 20.3 Å². The van der Waals surface area contributed by atoms with Gasteiger partial charge in [-0.05, 0) is 12.1 Å². The smallest absolute Gasteiger partial charge is 0.255 e. The molecule has 0 radical (unpaired) electrons. The first-order chi connectivity index (χ1) is 6.63. The molecule has 0 unspecified atom stereocenters. The molecule has 0 aliphatic carbocycles. The van der Waals surface area contributed by atoms with Crippen LogP contribution in [0.3, 0.4) is 0 Å². The Labute approximate surface area is 80.1 Å². The Balaban J connectivity index is 2.69. The van der Waals surface area contributed by atoms with E-state index in [4.69, 9.17) is 10.5 Å². The van der Waals surface area contributed by atoms with E-state index >= 15 is 0 Å². The molecule has 0 amide bonds. The molecule has 0 saturated carbocycles. The van der Waals surface area contributed by atoms with Gasteiger partial charge in [-0.1, -0.05) is 0 Å². The number of hydrogen-bond acceptors (Lipinski definition) is 4. The summed E-state index contributed by atoms with van der Waals surface area (Å²) in [7, 11) is 1.41. The number of nitrogens with one attached hydrogen (secondary N) is 1. The van der Waals surface area contributed by atoms with Crippen LogP contribution >= 0.6 is 0 Å². The molecule has 3 N–H and O–H groups in total. The van der Waals surface area contributed by atoms with Crippen molar-refractivity contribution in [3.8, 4) is 5.88 Å². The van der Waals surface area contributed by atoms with Crippen LogP contribution < -0.4 is 15.8 Å². The zero-order valence-electron chi connectivity index (χ0n) is 7.63. The number of alkyl halides is 2. The summed E-state index contributed by atoms with van der Waals surface area (Å²) < 4.78 is 28.5. The van der Waals surface area contributed by atoms with Gasteiger partial charge in [0.1, 0.15) is 5.82 Å². The van der Waals surface area contributed by atoms with Gasteiger partial charge in [0.15, 0.2) is 0 Å². The Bertz CT molecular complexity index is 307. The van der Waals surface area contributed by atoms with Crippen LogP contribution in [0.1, 0.15) is 0 Å². The second-order valence-corrected chi connectivity index (χ2v) is 2.57. The molecule has 0 atom stereocenters. The van der Waals surface area contributed by atoms with Gasteiger partial charge in [-0.2, -0.15) is 4.98 Å². The average molecular weight is 203 g/mol. The minimum atomic E-state index is -2.42. The molecule has 14 heavy (non-hydrogen) atoms. The molecule has 6 heteroatoms. The Morgan fingerprint density at radius 2 is 2.29 bits per heavy atom. The van der Waals surface area contributed by atoms with Crippen LogP contribution in [0.5, 0.6) is 5.88 Å². The van der Waals surface area contributed by atoms with E-state index in [0.29, 0.717) is 11.5 Å². The number of nitrogen functional groups attached to an aromatic ring is 1. The van der Waals surface area contributed by atoms with Gasteiger partial charge in [-0.3, -0.25) is 0 Å². The van der Waals surface area contributed by atoms with Gasteiger partial charge in [0.2, 0.25) is 5.88 Å². The summed E-state index contributed by atoms with van der Waals surface area (Å²) >= 11 is 0. The molecule has 78 valence electrons. The van der Waals surface area contributed by atoms with Gasteiger partial charge in [0.25, 0.3) is 6.43 Å². The summed E-state index contributed by atoms with van der Waals surface area (Å²) in [5.41, 5.74) is 5.86. The Hall–Kier alpha value is -1.59. The summed E-state index contributed by atoms with van der Waals surface area (Å²) in [6, 6.07) is 3.06. The van der Waals surface area contributed by atoms with E-state index in [2.05, 4.69) is 10.3 Å². The third-order valence-corrected chi connectivity index (χ3v) is 1.52. The molecule has 0 bridgehead atoms. The molecule has 0 spiro atoms. The second kappa shape index (κ2) is 4.59. The summed E-state index contributed by atoms with van der Waals surface area (Å²) in [4.78, 5) is 3.87. The monoisotopic (exact) mass is 203 g/mol. The number of anilines is 2. The third kappa shape index (κ3) is 2.72. The van der Waals surface area contributed by atoms with Crippen LogP contribution in [0.2, 0.25) is 0 Å². The summed E-state index contributed by atoms with van der Waals surface area (Å²) in [6.07, 6.45) is -2.42. The number of hydrogen-bond donors (Lipinski definition) is 2. The Morgan fingerprint density at radius 3 is 2.86 bits per heavy atom. The zero-order valence-corrected chi connectivity index (χ0v) is 7.63. The van der Waals surface area contributed by atoms with Gasteiger partial charge in [0, 0.05) is 0 Å². The normalized spacial score (nSPS) is 10.3. The van der Waals surface area contributed by atoms with Gasteiger partial charge >= 0.3 is 0 Å². The standard InChI is InChI=1S/C8H11F2N3O/c1-14-8-5(11)2-3-7(13-8)12-4-6(9)10/h2-3,6H,4,11H2,1H3,(H,12,13). The van der Waals surface area contributed by atoms with Crippen LogP contribution in [-0.2, 0) is 0 Å². The molecule has 0 fully saturated rings. The predicted molar refractivity (Wildman–Crippen MR) is 49.7 cm³/mol. The first-order valence-electron chi connectivity index (χ1n) is 3.96. The van der Waals surface area contributed by atoms with Crippen molar-refractivity contribution >= 4 is 11.5 Å². The van der Waals surface area contributed by atoms with Gasteiger partial charge < -0.3 is 15.8 Å². The third-order valence-electron chi connectivity index (χ3n) is 1.52. The van der Waals surface area contributed by atoms with E-state index in [1.807, 2.05) is 0 Å². The van der Waals surface area contributed by atoms with E-state index in [1.165, 1.54) is 13.2 Å². The van der Waals surface area contributed by atoms with Crippen LogP contribution in [-0.4, -0.2) is 25.1 Å². The van der Waals surface area contributed by atoms with Crippen molar-refractivity contribution in [2.45, 2.75) is 6.43 Å². The van der Waals surface area contributed by atoms with E-state index < -0.39 is 13.0 Å². The largest absolute Gasteiger partial charge is 0.479 e. The zero-order chi connectivity index (χ0) is 10.6. The fourth-order valence-electron chi connectivity index (χ4n) is 0.895. The molecule has 1 heterocycles. The number of methoxy groups -OCH3 is 1. The van der Waals surface area contributed by atoms with Crippen molar-refractivity contribution in [1.29, 1.82) is 0 Å². The van der Waals surface area contributed by atoms with Crippen molar-refractivity contribution in [2.75, 3.05) is 24.7 Å². The maximum Gasteiger partial charge on any atom is 0.255 e. The van der Waals surface area contributed by atoms with Gasteiger partial charge in [0.05, 0.1) is 19.3 Å². The van der Waals surface area contributed by atoms with Crippen molar-refractivity contribution in [3.63, 3.8) is 0 Å². The molecular weight excluding hydrogens is 192 g/mol. The molecular formula is C8H11F2N3O. The number of halogens is 2. The highest BCUT2D eigenvalue weighted by Crippen LogP contribution is 2.19. The lowest BCUT2D eigenvalue weighted by molar-refractivity contribution is 0.163. The van der Waals surface area contributed by atoms with Gasteiger partial charge in [-0.25, -0.2) is 8.78 Å². The topological polar surface area (TPSA) is 60.2 Å². The molecule has 1 aromatic rings. The lowest BCUT2D eigenvalue weighted by Gasteiger charge is -2.07. The quantitative estimate of drug-likeness (QED) is 0.775. The van der Waals surface area contributed by atoms with E-state index in [-0.39, 0.29) is 5.88 Å². The highest BCUT2D eigenvalue weighted by molar-refractivity contribution is 5.53. The first-order valence-corrected chi connectivity index (χ1v) is 3.96. The van der Waals surface area contributed by atoms with E-state index in [1.54, 1.807) is 6.07 Å². The summed E-state index contributed by atoms with van der Waals surface area (Å²) in [5, 5.41) is 2.45. The lowest BCUT2D eigenvalue weighted by atomic mass is 10.4. The number of nitrogens with zero attached hydrogens (tertiary/aromatic N) is 1. The highest BCUT2D eigenvalue weighted by Gasteiger charge is 2.05. The Kier molecular flexibility index (Phi) is 3.44. The van der Waals surface area contributed by atoms with Crippen LogP contribution in [0, 0.1) is 0 Å². The highest BCUT2D eigenvalue weighted by atomic mass is 19.3. The lowest BCUT2D eigenvalue weighted by Crippen LogP contribution is -2.11. The minimum absolute atomic E-state index is 0.226. The number of ether oxygens (including phenoxy) is 1. The first kappa shape index (κ1) is 10.5. The fraction of sp³-hybridized carbons (Fsp3) is 0.375. The van der Waals surface area contributed by atoms with Crippen molar-refractivity contribution in [1.82, 2.24) is 4.98 Å². The maximum atomic E-state index is 11.8. The summed E-state index contributed by atoms with van der Waals surface area (Å²) in [6.45, 7) is -0.444. The molecule has 1 aromatic heterocycles. The second-order valence-electron chi connectivity index (χ2n) is 2.57. The summed E-state index contributed by atoms with van der Waals surface area (Å²) in [5.74, 6) is 0.542. The number of pyridine rings is 1. The molecule has 0 aliphatic rings. The molecule has 0 aliphatic heterocycles. The van der Waals surface area contributed by atoms with Crippen molar-refractivity contribution < 1.29 is 13.5 Å². The van der Waals surface area contributed by atoms with Crippen molar-refractivity contribution in [2.24, 2.45) is 0 Å². The predicted octanol–water partition coefficient (Wildman–Crippen LogP) is 1.35. The SMILES string of the molecule is COc1nc(NCC(F)F)ccc1N. The molecule has 0 aromatic carbocycles. The van der Waals surface area contributed by atoms with Crippen LogP contribution in [0.25, 0.3) is 0 Å². The number of nitrogens with two attached hydrogens (primary N) is 1. The number of aromatic nitrogens is 1. The van der Waals surface area contributed by atoms with Gasteiger partial charge in [-0.15, -0.1) is 0 Å². The maximum absolute atomic E-state index is 11.8. The molecule has 1 rings (SSSR count). The number of rotatable bonds is 4. The van der Waals surface area contributed by atoms with Crippen LogP contribution in [0.15, 0.2) is 12.1 Å².